The van der Waals surface area contributed by atoms with Gasteiger partial charge < -0.3 is 5.32 Å². The second-order valence-corrected chi connectivity index (χ2v) is 6.15. The highest BCUT2D eigenvalue weighted by Gasteiger charge is 2.12. The first-order chi connectivity index (χ1) is 9.42. The third-order valence-corrected chi connectivity index (χ3v) is 4.74. The van der Waals surface area contributed by atoms with E-state index in [2.05, 4.69) is 71.7 Å². The fourth-order valence-corrected chi connectivity index (χ4v) is 3.55. The number of thioether (sulfide) groups is 1. The molecule has 0 aromatic heterocycles. The van der Waals surface area contributed by atoms with Gasteiger partial charge in [-0.3, -0.25) is 0 Å². The van der Waals surface area contributed by atoms with Crippen LogP contribution >= 0.6 is 11.8 Å². The minimum atomic E-state index is 0.640. The average molecular weight is 269 g/mol. The van der Waals surface area contributed by atoms with Crippen molar-refractivity contribution in [3.63, 3.8) is 0 Å². The summed E-state index contributed by atoms with van der Waals surface area (Å²) >= 11 is 2.06. The van der Waals surface area contributed by atoms with Gasteiger partial charge in [-0.2, -0.15) is 11.8 Å². The number of rotatable bonds is 3. The van der Waals surface area contributed by atoms with E-state index >= 15 is 0 Å². The lowest BCUT2D eigenvalue weighted by Crippen LogP contribution is -2.25. The molecule has 98 valence electrons. The van der Waals surface area contributed by atoms with Crippen LogP contribution in [0.2, 0.25) is 0 Å². The molecule has 2 aromatic rings. The Hall–Kier alpha value is -1.41. The molecule has 2 heteroatoms. The molecule has 0 aliphatic carbocycles. The molecule has 0 amide bonds. The van der Waals surface area contributed by atoms with E-state index in [4.69, 9.17) is 0 Å². The second kappa shape index (κ2) is 6.16. The Morgan fingerprint density at radius 1 is 0.895 bits per heavy atom. The molecular weight excluding hydrogens is 250 g/mol. The topological polar surface area (TPSA) is 12.0 Å². The quantitative estimate of drug-likeness (QED) is 0.869. The van der Waals surface area contributed by atoms with Gasteiger partial charge in [-0.1, -0.05) is 42.5 Å². The van der Waals surface area contributed by atoms with Gasteiger partial charge in [0.2, 0.25) is 0 Å². The van der Waals surface area contributed by atoms with E-state index in [9.17, 15) is 0 Å². The van der Waals surface area contributed by atoms with E-state index in [-0.39, 0.29) is 0 Å². The summed E-state index contributed by atoms with van der Waals surface area (Å²) in [4.78, 5) is 0. The van der Waals surface area contributed by atoms with Gasteiger partial charge in [0.1, 0.15) is 0 Å². The van der Waals surface area contributed by atoms with Crippen molar-refractivity contribution in [3.05, 3.63) is 54.6 Å². The Morgan fingerprint density at radius 3 is 2.32 bits per heavy atom. The maximum absolute atomic E-state index is 3.64. The first-order valence-corrected chi connectivity index (χ1v) is 8.07. The zero-order valence-corrected chi connectivity index (χ0v) is 11.8. The number of hydrogen-bond donors (Lipinski definition) is 1. The number of anilines is 1. The average Bonchev–Trinajstić information content (AvgIpc) is 2.50. The Bertz CT molecular complexity index is 501. The molecular formula is C17H19NS. The zero-order valence-electron chi connectivity index (χ0n) is 11.0. The molecule has 1 aliphatic heterocycles. The van der Waals surface area contributed by atoms with Crippen LogP contribution in [-0.4, -0.2) is 17.5 Å². The Morgan fingerprint density at radius 2 is 1.63 bits per heavy atom. The van der Waals surface area contributed by atoms with Gasteiger partial charge in [0.25, 0.3) is 0 Å². The molecule has 1 unspecified atom stereocenters. The molecule has 1 aliphatic rings. The van der Waals surface area contributed by atoms with Crippen LogP contribution < -0.4 is 5.32 Å². The van der Waals surface area contributed by atoms with Crippen molar-refractivity contribution in [1.82, 2.24) is 0 Å². The first-order valence-electron chi connectivity index (χ1n) is 6.91. The van der Waals surface area contributed by atoms with Gasteiger partial charge in [0.15, 0.2) is 0 Å². The van der Waals surface area contributed by atoms with Crippen LogP contribution in [0.25, 0.3) is 11.1 Å². The third-order valence-electron chi connectivity index (χ3n) is 3.52. The minimum Gasteiger partial charge on any atom is -0.381 e. The highest BCUT2D eigenvalue weighted by Crippen LogP contribution is 2.24. The molecule has 1 N–H and O–H groups in total. The van der Waals surface area contributed by atoms with Gasteiger partial charge in [-0.25, -0.2) is 0 Å². The van der Waals surface area contributed by atoms with Crippen molar-refractivity contribution in [2.24, 2.45) is 0 Å². The molecule has 1 fully saturated rings. The lowest BCUT2D eigenvalue weighted by atomic mass is 10.1. The summed E-state index contributed by atoms with van der Waals surface area (Å²) in [5, 5.41) is 3.64. The number of hydrogen-bond acceptors (Lipinski definition) is 2. The number of benzene rings is 2. The molecule has 3 rings (SSSR count). The smallest absolute Gasteiger partial charge is 0.0352 e. The summed E-state index contributed by atoms with van der Waals surface area (Å²) in [5.74, 6) is 2.56. The largest absolute Gasteiger partial charge is 0.381 e. The predicted octanol–water partition coefficient (Wildman–Crippen LogP) is 4.66. The molecule has 2 aromatic carbocycles. The van der Waals surface area contributed by atoms with E-state index < -0.39 is 0 Å². The van der Waals surface area contributed by atoms with E-state index in [1.54, 1.807) is 0 Å². The van der Waals surface area contributed by atoms with Crippen LogP contribution in [0, 0.1) is 0 Å². The minimum absolute atomic E-state index is 0.640. The lowest BCUT2D eigenvalue weighted by Gasteiger charge is -2.23. The molecule has 1 atom stereocenters. The van der Waals surface area contributed by atoms with Crippen molar-refractivity contribution < 1.29 is 0 Å². The van der Waals surface area contributed by atoms with Crippen molar-refractivity contribution >= 4 is 17.4 Å². The summed E-state index contributed by atoms with van der Waals surface area (Å²) in [6.07, 6.45) is 2.64. The van der Waals surface area contributed by atoms with Crippen molar-refractivity contribution in [2.45, 2.75) is 18.9 Å². The first kappa shape index (κ1) is 12.6. The van der Waals surface area contributed by atoms with Gasteiger partial charge >= 0.3 is 0 Å². The monoisotopic (exact) mass is 269 g/mol. The van der Waals surface area contributed by atoms with E-state index in [0.29, 0.717) is 6.04 Å². The van der Waals surface area contributed by atoms with Crippen LogP contribution in [0.5, 0.6) is 0 Å². The molecule has 1 heterocycles. The highest BCUT2D eigenvalue weighted by atomic mass is 32.2. The van der Waals surface area contributed by atoms with E-state index in [0.717, 1.165) is 0 Å². The summed E-state index contributed by atoms with van der Waals surface area (Å²) in [6, 6.07) is 20.0. The van der Waals surface area contributed by atoms with Crippen LogP contribution in [0.15, 0.2) is 54.6 Å². The van der Waals surface area contributed by atoms with Crippen LogP contribution in [0.4, 0.5) is 5.69 Å². The Labute approximate surface area is 119 Å². The Kier molecular flexibility index (Phi) is 4.09. The summed E-state index contributed by atoms with van der Waals surface area (Å²) in [6.45, 7) is 0. The fraction of sp³-hybridized carbons (Fsp3) is 0.294. The molecule has 0 bridgehead atoms. The highest BCUT2D eigenvalue weighted by molar-refractivity contribution is 7.99. The van der Waals surface area contributed by atoms with Gasteiger partial charge in [-0.05, 0) is 41.9 Å². The number of nitrogens with one attached hydrogen (secondary N) is 1. The molecule has 1 nitrogen and oxygen atoms in total. The zero-order chi connectivity index (χ0) is 12.9. The lowest BCUT2D eigenvalue weighted by molar-refractivity contribution is 0.685. The van der Waals surface area contributed by atoms with Gasteiger partial charge in [0, 0.05) is 17.5 Å². The fourth-order valence-electron chi connectivity index (χ4n) is 2.48. The molecule has 0 saturated carbocycles. The summed E-state index contributed by atoms with van der Waals surface area (Å²) in [5.41, 5.74) is 3.80. The third kappa shape index (κ3) is 3.32. The van der Waals surface area contributed by atoms with Gasteiger partial charge in [0.05, 0.1) is 0 Å². The van der Waals surface area contributed by atoms with Crippen LogP contribution in [-0.2, 0) is 0 Å². The SMILES string of the molecule is c1ccc(-c2ccc(NC3CCCSC3)cc2)cc1. The van der Waals surface area contributed by atoms with Crippen LogP contribution in [0.1, 0.15) is 12.8 Å². The maximum atomic E-state index is 3.64. The molecule has 0 radical (unpaired) electrons. The van der Waals surface area contributed by atoms with Gasteiger partial charge in [-0.15, -0.1) is 0 Å². The van der Waals surface area contributed by atoms with Crippen molar-refractivity contribution in [3.8, 4) is 11.1 Å². The van der Waals surface area contributed by atoms with E-state index in [1.165, 1.54) is 41.2 Å². The molecule has 19 heavy (non-hydrogen) atoms. The summed E-state index contributed by atoms with van der Waals surface area (Å²) in [7, 11) is 0. The second-order valence-electron chi connectivity index (χ2n) is 5.00. The van der Waals surface area contributed by atoms with E-state index in [1.807, 2.05) is 0 Å². The molecule has 0 spiro atoms. The van der Waals surface area contributed by atoms with Crippen LogP contribution in [0.3, 0.4) is 0 Å². The molecule has 1 saturated heterocycles. The van der Waals surface area contributed by atoms with Crippen molar-refractivity contribution in [1.29, 1.82) is 0 Å². The maximum Gasteiger partial charge on any atom is 0.0352 e. The summed E-state index contributed by atoms with van der Waals surface area (Å²) < 4.78 is 0. The standard InChI is InChI=1S/C17H19NS/c1-2-5-14(6-3-1)15-8-10-16(11-9-15)18-17-7-4-12-19-13-17/h1-3,5-6,8-11,17-18H,4,7,12-13H2. The Balaban J connectivity index is 1.68. The predicted molar refractivity (Wildman–Crippen MR) is 85.8 cm³/mol. The normalized spacial score (nSPS) is 19.1. The van der Waals surface area contributed by atoms with Crippen molar-refractivity contribution in [2.75, 3.05) is 16.8 Å².